The van der Waals surface area contributed by atoms with E-state index in [-0.39, 0.29) is 16.7 Å². The summed E-state index contributed by atoms with van der Waals surface area (Å²) >= 11 is 0. The van der Waals surface area contributed by atoms with Crippen molar-refractivity contribution in [3.63, 3.8) is 0 Å². The van der Waals surface area contributed by atoms with Crippen LogP contribution in [0.25, 0.3) is 0 Å². The summed E-state index contributed by atoms with van der Waals surface area (Å²) in [5.74, 6) is -1.07. The van der Waals surface area contributed by atoms with Crippen LogP contribution in [0.5, 0.6) is 0 Å². The van der Waals surface area contributed by atoms with Crippen molar-refractivity contribution in [2.24, 2.45) is 0 Å². The molecule has 8 heteroatoms. The van der Waals surface area contributed by atoms with Gasteiger partial charge in [0, 0.05) is 5.92 Å². The van der Waals surface area contributed by atoms with Gasteiger partial charge in [-0.2, -0.15) is 4.72 Å². The van der Waals surface area contributed by atoms with Crippen LogP contribution in [0.15, 0.2) is 56.6 Å². The second kappa shape index (κ2) is 7.73. The van der Waals surface area contributed by atoms with Crippen molar-refractivity contribution in [3.8, 4) is 0 Å². The van der Waals surface area contributed by atoms with Gasteiger partial charge >= 0.3 is 5.76 Å². The largest absolute Gasteiger partial charge is 0.434 e. The van der Waals surface area contributed by atoms with Crippen molar-refractivity contribution in [3.05, 3.63) is 81.2 Å². The molecule has 28 heavy (non-hydrogen) atoms. The lowest BCUT2D eigenvalue weighted by Gasteiger charge is -2.24. The summed E-state index contributed by atoms with van der Waals surface area (Å²) in [6.45, 7) is 7.73. The Kier molecular flexibility index (Phi) is 5.53. The van der Waals surface area contributed by atoms with Gasteiger partial charge in [0.25, 0.3) is 0 Å². The van der Waals surface area contributed by atoms with Crippen LogP contribution in [0.1, 0.15) is 47.0 Å². The van der Waals surface area contributed by atoms with Crippen LogP contribution >= 0.6 is 0 Å². The summed E-state index contributed by atoms with van der Waals surface area (Å²) < 4.78 is 33.7. The van der Waals surface area contributed by atoms with E-state index < -0.39 is 21.8 Å². The first kappa shape index (κ1) is 20.0. The fourth-order valence-electron chi connectivity index (χ4n) is 3.14. The Labute approximate surface area is 163 Å². The Hall–Kier alpha value is -2.71. The van der Waals surface area contributed by atoms with Crippen LogP contribution in [0, 0.1) is 20.8 Å². The number of hydrogen-bond acceptors (Lipinski definition) is 5. The number of sulfonamides is 1. The molecule has 3 aromatic rings. The van der Waals surface area contributed by atoms with Gasteiger partial charge in [0.1, 0.15) is 6.04 Å². The molecule has 0 unspecified atom stereocenters. The third kappa shape index (κ3) is 4.07. The molecule has 0 saturated heterocycles. The van der Waals surface area contributed by atoms with Crippen molar-refractivity contribution in [1.82, 2.24) is 14.9 Å². The molecule has 0 aliphatic carbocycles. The number of H-pyrrole nitrogens is 1. The van der Waals surface area contributed by atoms with Gasteiger partial charge in [-0.15, -0.1) is 5.10 Å². The molecule has 2 aromatic carbocycles. The Morgan fingerprint density at radius 3 is 2.36 bits per heavy atom. The van der Waals surface area contributed by atoms with Crippen molar-refractivity contribution in [2.75, 3.05) is 0 Å². The zero-order chi connectivity index (χ0) is 20.5. The van der Waals surface area contributed by atoms with Gasteiger partial charge in [0.05, 0.1) is 4.90 Å². The van der Waals surface area contributed by atoms with Crippen LogP contribution in [0.3, 0.4) is 0 Å². The zero-order valence-corrected chi connectivity index (χ0v) is 17.0. The maximum Gasteiger partial charge on any atom is 0.434 e. The highest BCUT2D eigenvalue weighted by atomic mass is 32.2. The van der Waals surface area contributed by atoms with Gasteiger partial charge in [0.2, 0.25) is 15.9 Å². The van der Waals surface area contributed by atoms with E-state index in [9.17, 15) is 13.2 Å². The maximum atomic E-state index is 13.0. The van der Waals surface area contributed by atoms with Crippen LogP contribution in [-0.4, -0.2) is 18.6 Å². The normalized spacial score (nSPS) is 14.0. The van der Waals surface area contributed by atoms with Crippen molar-refractivity contribution < 1.29 is 12.8 Å². The van der Waals surface area contributed by atoms with E-state index in [0.717, 1.165) is 22.3 Å². The average Bonchev–Trinajstić information content (AvgIpc) is 3.08. The third-order valence-electron chi connectivity index (χ3n) is 4.97. The summed E-state index contributed by atoms with van der Waals surface area (Å²) in [6.07, 6.45) is 0. The van der Waals surface area contributed by atoms with E-state index in [4.69, 9.17) is 4.42 Å². The molecule has 0 fully saturated rings. The third-order valence-corrected chi connectivity index (χ3v) is 6.43. The Morgan fingerprint density at radius 1 is 1.07 bits per heavy atom. The Bertz CT molecular complexity index is 1130. The van der Waals surface area contributed by atoms with Crippen LogP contribution < -0.4 is 10.5 Å². The fourth-order valence-corrected chi connectivity index (χ4v) is 4.41. The minimum absolute atomic E-state index is 0.00547. The predicted octanol–water partition coefficient (Wildman–Crippen LogP) is 3.11. The topological polar surface area (TPSA) is 105 Å². The van der Waals surface area contributed by atoms with Crippen molar-refractivity contribution >= 4 is 10.0 Å². The molecule has 0 saturated carbocycles. The van der Waals surface area contributed by atoms with Gasteiger partial charge in [-0.1, -0.05) is 42.8 Å². The number of nitrogens with one attached hydrogen (secondary N) is 2. The summed E-state index contributed by atoms with van der Waals surface area (Å²) in [4.78, 5) is 11.6. The highest BCUT2D eigenvalue weighted by molar-refractivity contribution is 7.89. The molecule has 0 amide bonds. The van der Waals surface area contributed by atoms with Gasteiger partial charge in [-0.3, -0.25) is 0 Å². The molecular weight excluding hydrogens is 378 g/mol. The smallest absolute Gasteiger partial charge is 0.391 e. The summed E-state index contributed by atoms with van der Waals surface area (Å²) in [5, 5.41) is 6.08. The highest BCUT2D eigenvalue weighted by Gasteiger charge is 2.31. The van der Waals surface area contributed by atoms with E-state index in [0.29, 0.717) is 0 Å². The first-order valence-electron chi connectivity index (χ1n) is 8.89. The van der Waals surface area contributed by atoms with Crippen LogP contribution in [0.2, 0.25) is 0 Å². The van der Waals surface area contributed by atoms with E-state index in [1.54, 1.807) is 12.1 Å². The number of aryl methyl sites for hydroxylation is 2. The number of nitrogens with zero attached hydrogens (tertiary/aromatic N) is 1. The van der Waals surface area contributed by atoms with E-state index in [1.165, 1.54) is 12.1 Å². The van der Waals surface area contributed by atoms with Gasteiger partial charge < -0.3 is 4.42 Å². The number of hydrogen-bond donors (Lipinski definition) is 2. The minimum Gasteiger partial charge on any atom is -0.391 e. The number of rotatable bonds is 6. The second-order valence-electron chi connectivity index (χ2n) is 6.94. The number of aromatic amines is 1. The lowest BCUT2D eigenvalue weighted by molar-refractivity contribution is 0.381. The molecule has 7 nitrogen and oxygen atoms in total. The molecule has 3 rings (SSSR count). The molecule has 0 aliphatic rings. The zero-order valence-electron chi connectivity index (χ0n) is 16.2. The summed E-state index contributed by atoms with van der Waals surface area (Å²) in [7, 11) is -3.86. The fraction of sp³-hybridized carbons (Fsp3) is 0.300. The predicted molar refractivity (Wildman–Crippen MR) is 106 cm³/mol. The number of aromatic nitrogens is 2. The van der Waals surface area contributed by atoms with E-state index in [2.05, 4.69) is 14.9 Å². The number of benzene rings is 2. The first-order valence-corrected chi connectivity index (χ1v) is 10.4. The molecule has 0 spiro atoms. The molecule has 2 N–H and O–H groups in total. The lowest BCUT2D eigenvalue weighted by Crippen LogP contribution is -2.32. The van der Waals surface area contributed by atoms with E-state index in [1.807, 2.05) is 45.9 Å². The minimum atomic E-state index is -3.86. The SMILES string of the molecule is Cc1ccc(S(=O)(=O)N[C@H](c2n[nH]c(=O)o2)[C@H](C)c2cccc(C)c2C)cc1. The quantitative estimate of drug-likeness (QED) is 0.660. The van der Waals surface area contributed by atoms with E-state index >= 15 is 0 Å². The molecule has 0 aliphatic heterocycles. The monoisotopic (exact) mass is 401 g/mol. The van der Waals surface area contributed by atoms with Gasteiger partial charge in [-0.05, 0) is 49.6 Å². The lowest BCUT2D eigenvalue weighted by atomic mass is 9.88. The molecule has 1 aromatic heterocycles. The summed E-state index contributed by atoms with van der Waals surface area (Å²) in [6, 6.07) is 11.5. The average molecular weight is 401 g/mol. The Balaban J connectivity index is 2.04. The molecule has 0 bridgehead atoms. The molecule has 2 atom stereocenters. The van der Waals surface area contributed by atoms with Crippen molar-refractivity contribution in [1.29, 1.82) is 0 Å². The second-order valence-corrected chi connectivity index (χ2v) is 8.66. The molecule has 1 heterocycles. The molecule has 0 radical (unpaired) electrons. The van der Waals surface area contributed by atoms with Gasteiger partial charge in [-0.25, -0.2) is 18.3 Å². The van der Waals surface area contributed by atoms with Crippen LogP contribution in [0.4, 0.5) is 0 Å². The molecular formula is C20H23N3O4S. The van der Waals surface area contributed by atoms with Crippen molar-refractivity contribution in [2.45, 2.75) is 44.6 Å². The summed E-state index contributed by atoms with van der Waals surface area (Å²) in [5.41, 5.74) is 4.04. The standard InChI is InChI=1S/C20H23N3O4S/c1-12-8-10-16(11-9-12)28(25,26)23-18(19-21-22-20(24)27-19)15(4)17-7-5-6-13(2)14(17)3/h5-11,15,18,23H,1-4H3,(H,22,24)/t15-,18+/m1/s1. The van der Waals surface area contributed by atoms with Gasteiger partial charge in [0.15, 0.2) is 0 Å². The Morgan fingerprint density at radius 2 is 1.75 bits per heavy atom. The first-order chi connectivity index (χ1) is 13.2. The van der Waals surface area contributed by atoms with Crippen LogP contribution in [-0.2, 0) is 10.0 Å². The molecule has 148 valence electrons. The highest BCUT2D eigenvalue weighted by Crippen LogP contribution is 2.33. The maximum absolute atomic E-state index is 13.0.